The molecule has 0 aliphatic rings. The van der Waals surface area contributed by atoms with Crippen LogP contribution in [-0.2, 0) is 6.54 Å². The SMILES string of the molecule is N#CCn1cc(-c2ccc(Br)cc2)nn1. The molecule has 0 fully saturated rings. The van der Waals surface area contributed by atoms with Gasteiger partial charge in [-0.05, 0) is 12.1 Å². The quantitative estimate of drug-likeness (QED) is 0.834. The van der Waals surface area contributed by atoms with Gasteiger partial charge < -0.3 is 0 Å². The minimum atomic E-state index is 0.226. The zero-order valence-corrected chi connectivity index (χ0v) is 9.35. The Kier molecular flexibility index (Phi) is 2.79. The summed E-state index contributed by atoms with van der Waals surface area (Å²) >= 11 is 3.36. The molecule has 0 saturated carbocycles. The van der Waals surface area contributed by atoms with Gasteiger partial charge in [-0.15, -0.1) is 5.10 Å². The van der Waals surface area contributed by atoms with Crippen molar-refractivity contribution in [2.75, 3.05) is 0 Å². The topological polar surface area (TPSA) is 54.5 Å². The summed E-state index contributed by atoms with van der Waals surface area (Å²) in [5, 5.41) is 16.3. The summed E-state index contributed by atoms with van der Waals surface area (Å²) in [7, 11) is 0. The minimum Gasteiger partial charge on any atom is -0.238 e. The molecule has 0 saturated heterocycles. The smallest absolute Gasteiger partial charge is 0.129 e. The fraction of sp³-hybridized carbons (Fsp3) is 0.100. The van der Waals surface area contributed by atoms with Gasteiger partial charge in [0, 0.05) is 10.0 Å². The molecule has 4 nitrogen and oxygen atoms in total. The standard InChI is InChI=1S/C10H7BrN4/c11-9-3-1-8(2-4-9)10-7-15(6-5-12)14-13-10/h1-4,7H,6H2. The Bertz CT molecular complexity index is 495. The second-order valence-electron chi connectivity index (χ2n) is 2.97. The first kappa shape index (κ1) is 9.87. The van der Waals surface area contributed by atoms with Gasteiger partial charge in [-0.3, -0.25) is 0 Å². The van der Waals surface area contributed by atoms with E-state index in [-0.39, 0.29) is 6.54 Å². The lowest BCUT2D eigenvalue weighted by Crippen LogP contribution is -1.94. The van der Waals surface area contributed by atoms with Crippen molar-refractivity contribution in [3.05, 3.63) is 34.9 Å². The Morgan fingerprint density at radius 3 is 2.73 bits per heavy atom. The predicted molar refractivity (Wildman–Crippen MR) is 58.8 cm³/mol. The monoisotopic (exact) mass is 262 g/mol. The van der Waals surface area contributed by atoms with E-state index in [2.05, 4.69) is 26.2 Å². The number of aromatic nitrogens is 3. The van der Waals surface area contributed by atoms with E-state index < -0.39 is 0 Å². The average molecular weight is 263 g/mol. The molecule has 0 spiro atoms. The summed E-state index contributed by atoms with van der Waals surface area (Å²) in [4.78, 5) is 0. The number of hydrogen-bond acceptors (Lipinski definition) is 3. The molecular weight excluding hydrogens is 256 g/mol. The van der Waals surface area contributed by atoms with Crippen LogP contribution in [-0.4, -0.2) is 15.0 Å². The molecule has 0 N–H and O–H groups in total. The maximum Gasteiger partial charge on any atom is 0.129 e. The number of halogens is 1. The molecule has 1 aromatic carbocycles. The van der Waals surface area contributed by atoms with Crippen LogP contribution in [0, 0.1) is 11.3 Å². The van der Waals surface area contributed by atoms with Crippen LogP contribution in [0.1, 0.15) is 0 Å². The van der Waals surface area contributed by atoms with Crippen molar-refractivity contribution in [2.45, 2.75) is 6.54 Å². The Hall–Kier alpha value is -1.67. The normalized spacial score (nSPS) is 9.87. The van der Waals surface area contributed by atoms with E-state index in [1.807, 2.05) is 30.3 Å². The third kappa shape index (κ3) is 2.22. The summed E-state index contributed by atoms with van der Waals surface area (Å²) in [5.41, 5.74) is 1.76. The summed E-state index contributed by atoms with van der Waals surface area (Å²) < 4.78 is 2.54. The fourth-order valence-corrected chi connectivity index (χ4v) is 1.47. The van der Waals surface area contributed by atoms with Crippen molar-refractivity contribution < 1.29 is 0 Å². The van der Waals surface area contributed by atoms with Gasteiger partial charge in [0.25, 0.3) is 0 Å². The molecule has 74 valence electrons. The van der Waals surface area contributed by atoms with Gasteiger partial charge in [0.1, 0.15) is 12.2 Å². The zero-order valence-electron chi connectivity index (χ0n) is 7.76. The van der Waals surface area contributed by atoms with Crippen LogP contribution in [0.3, 0.4) is 0 Å². The molecule has 0 unspecified atom stereocenters. The van der Waals surface area contributed by atoms with E-state index in [1.165, 1.54) is 4.68 Å². The van der Waals surface area contributed by atoms with Crippen LogP contribution in [0.5, 0.6) is 0 Å². The highest BCUT2D eigenvalue weighted by Gasteiger charge is 2.02. The van der Waals surface area contributed by atoms with E-state index in [0.717, 1.165) is 15.7 Å². The largest absolute Gasteiger partial charge is 0.238 e. The van der Waals surface area contributed by atoms with Crippen LogP contribution < -0.4 is 0 Å². The number of nitriles is 1. The van der Waals surface area contributed by atoms with E-state index in [1.54, 1.807) is 6.20 Å². The highest BCUT2D eigenvalue weighted by Crippen LogP contribution is 2.18. The molecule has 0 aliphatic heterocycles. The van der Waals surface area contributed by atoms with E-state index in [0.29, 0.717) is 0 Å². The van der Waals surface area contributed by atoms with Gasteiger partial charge in [-0.1, -0.05) is 33.3 Å². The first-order valence-corrected chi connectivity index (χ1v) is 5.12. The Morgan fingerprint density at radius 1 is 1.33 bits per heavy atom. The maximum absolute atomic E-state index is 8.49. The molecular formula is C10H7BrN4. The lowest BCUT2D eigenvalue weighted by molar-refractivity contribution is 0.668. The molecule has 1 heterocycles. The van der Waals surface area contributed by atoms with Gasteiger partial charge in [0.15, 0.2) is 0 Å². The fourth-order valence-electron chi connectivity index (χ4n) is 1.20. The van der Waals surface area contributed by atoms with Gasteiger partial charge in [-0.25, -0.2) is 4.68 Å². The molecule has 0 aliphatic carbocycles. The Labute approximate surface area is 95.3 Å². The summed E-state index contributed by atoms with van der Waals surface area (Å²) in [6.07, 6.45) is 1.76. The summed E-state index contributed by atoms with van der Waals surface area (Å²) in [5.74, 6) is 0. The number of nitrogens with zero attached hydrogens (tertiary/aromatic N) is 4. The van der Waals surface area contributed by atoms with Crippen LogP contribution in [0.4, 0.5) is 0 Å². The van der Waals surface area contributed by atoms with Crippen LogP contribution in [0.25, 0.3) is 11.3 Å². The van der Waals surface area contributed by atoms with Crippen LogP contribution in [0.15, 0.2) is 34.9 Å². The molecule has 0 radical (unpaired) electrons. The Morgan fingerprint density at radius 2 is 2.07 bits per heavy atom. The van der Waals surface area contributed by atoms with Crippen molar-refractivity contribution in [1.82, 2.24) is 15.0 Å². The second-order valence-corrected chi connectivity index (χ2v) is 3.88. The van der Waals surface area contributed by atoms with Crippen LogP contribution in [0.2, 0.25) is 0 Å². The first-order valence-electron chi connectivity index (χ1n) is 4.32. The molecule has 2 rings (SSSR count). The molecule has 15 heavy (non-hydrogen) atoms. The van der Waals surface area contributed by atoms with Crippen LogP contribution >= 0.6 is 15.9 Å². The molecule has 0 amide bonds. The van der Waals surface area contributed by atoms with Gasteiger partial charge >= 0.3 is 0 Å². The van der Waals surface area contributed by atoms with Gasteiger partial charge in [0.2, 0.25) is 0 Å². The zero-order chi connectivity index (χ0) is 10.7. The molecule has 5 heteroatoms. The van der Waals surface area contributed by atoms with Gasteiger partial charge in [-0.2, -0.15) is 5.26 Å². The number of rotatable bonds is 2. The molecule has 2 aromatic rings. The van der Waals surface area contributed by atoms with E-state index >= 15 is 0 Å². The van der Waals surface area contributed by atoms with Crippen molar-refractivity contribution in [3.63, 3.8) is 0 Å². The summed E-state index contributed by atoms with van der Waals surface area (Å²) in [6.45, 7) is 0.226. The lowest BCUT2D eigenvalue weighted by Gasteiger charge is -1.94. The number of hydrogen-bond donors (Lipinski definition) is 0. The molecule has 1 aromatic heterocycles. The highest BCUT2D eigenvalue weighted by molar-refractivity contribution is 9.10. The maximum atomic E-state index is 8.49. The highest BCUT2D eigenvalue weighted by atomic mass is 79.9. The molecule has 0 atom stereocenters. The average Bonchev–Trinajstić information content (AvgIpc) is 2.68. The van der Waals surface area contributed by atoms with Crippen molar-refractivity contribution >= 4 is 15.9 Å². The van der Waals surface area contributed by atoms with Crippen molar-refractivity contribution in [1.29, 1.82) is 5.26 Å². The van der Waals surface area contributed by atoms with Gasteiger partial charge in [0.05, 0.1) is 12.3 Å². The van der Waals surface area contributed by atoms with E-state index in [4.69, 9.17) is 5.26 Å². The third-order valence-electron chi connectivity index (χ3n) is 1.91. The predicted octanol–water partition coefficient (Wildman–Crippen LogP) is 2.23. The lowest BCUT2D eigenvalue weighted by atomic mass is 10.2. The summed E-state index contributed by atoms with van der Waals surface area (Å²) in [6, 6.07) is 9.80. The minimum absolute atomic E-state index is 0.226. The third-order valence-corrected chi connectivity index (χ3v) is 2.44. The van der Waals surface area contributed by atoms with Crippen molar-refractivity contribution in [2.24, 2.45) is 0 Å². The second kappa shape index (κ2) is 4.24. The Balaban J connectivity index is 2.30. The first-order chi connectivity index (χ1) is 7.29. The molecule has 0 bridgehead atoms. The van der Waals surface area contributed by atoms with Crippen molar-refractivity contribution in [3.8, 4) is 17.3 Å². The van der Waals surface area contributed by atoms with E-state index in [9.17, 15) is 0 Å². The number of benzene rings is 1.